The largest absolute Gasteiger partial charge is 0.354 e. The van der Waals surface area contributed by atoms with Gasteiger partial charge in [0.05, 0.1) is 0 Å². The first-order chi connectivity index (χ1) is 8.52. The number of halogens is 1. The van der Waals surface area contributed by atoms with Crippen LogP contribution in [-0.2, 0) is 4.79 Å². The molecule has 0 bridgehead atoms. The third-order valence-electron chi connectivity index (χ3n) is 2.80. The lowest BCUT2D eigenvalue weighted by Crippen LogP contribution is -2.30. The van der Waals surface area contributed by atoms with Crippen LogP contribution in [0.1, 0.15) is 38.2 Å². The quantitative estimate of drug-likeness (QED) is 0.833. The zero-order valence-corrected chi connectivity index (χ0v) is 11.7. The van der Waals surface area contributed by atoms with Crippen molar-refractivity contribution in [3.05, 3.63) is 34.9 Å². The van der Waals surface area contributed by atoms with Crippen molar-refractivity contribution >= 4 is 17.5 Å². The first-order valence-corrected chi connectivity index (χ1v) is 6.65. The molecule has 0 saturated carbocycles. The van der Waals surface area contributed by atoms with E-state index in [2.05, 4.69) is 5.32 Å². The van der Waals surface area contributed by atoms with E-state index in [4.69, 9.17) is 17.3 Å². The van der Waals surface area contributed by atoms with Crippen LogP contribution in [0.25, 0.3) is 0 Å². The Morgan fingerprint density at radius 2 is 1.94 bits per heavy atom. The second kappa shape index (κ2) is 7.39. The van der Waals surface area contributed by atoms with E-state index in [1.807, 2.05) is 38.1 Å². The van der Waals surface area contributed by atoms with Crippen LogP contribution < -0.4 is 11.1 Å². The molecule has 1 aromatic carbocycles. The number of carbonyl (C=O) groups is 1. The first-order valence-electron chi connectivity index (χ1n) is 6.27. The molecule has 0 aliphatic carbocycles. The van der Waals surface area contributed by atoms with Crippen LogP contribution >= 0.6 is 11.6 Å². The second-order valence-electron chi connectivity index (χ2n) is 4.75. The van der Waals surface area contributed by atoms with Gasteiger partial charge in [0.15, 0.2) is 0 Å². The minimum absolute atomic E-state index is 0.0809. The molecular formula is C14H21ClN2O. The Balaban J connectivity index is 2.52. The summed E-state index contributed by atoms with van der Waals surface area (Å²) in [4.78, 5) is 11.6. The summed E-state index contributed by atoms with van der Waals surface area (Å²) in [5.74, 6) is 0.289. The standard InChI is InChI=1S/C14H21ClN2O/c1-10(2)17-14(18)8-5-12(9-16)11-3-6-13(15)7-4-11/h3-4,6-7,10,12H,5,8-9,16H2,1-2H3,(H,17,18). The van der Waals surface area contributed by atoms with Crippen LogP contribution in [0, 0.1) is 0 Å². The van der Waals surface area contributed by atoms with Crippen LogP contribution in [0.2, 0.25) is 5.02 Å². The van der Waals surface area contributed by atoms with Gasteiger partial charge in [-0.3, -0.25) is 4.79 Å². The number of rotatable bonds is 6. The van der Waals surface area contributed by atoms with Gasteiger partial charge in [-0.2, -0.15) is 0 Å². The predicted molar refractivity (Wildman–Crippen MR) is 75.8 cm³/mol. The van der Waals surface area contributed by atoms with Gasteiger partial charge in [0, 0.05) is 17.5 Å². The van der Waals surface area contributed by atoms with Gasteiger partial charge in [-0.05, 0) is 50.4 Å². The van der Waals surface area contributed by atoms with Crippen molar-refractivity contribution in [1.29, 1.82) is 0 Å². The number of hydrogen-bond acceptors (Lipinski definition) is 2. The van der Waals surface area contributed by atoms with Gasteiger partial charge < -0.3 is 11.1 Å². The van der Waals surface area contributed by atoms with E-state index in [9.17, 15) is 4.79 Å². The normalized spacial score (nSPS) is 12.5. The highest BCUT2D eigenvalue weighted by atomic mass is 35.5. The molecular weight excluding hydrogens is 248 g/mol. The summed E-state index contributed by atoms with van der Waals surface area (Å²) >= 11 is 5.85. The molecule has 0 fully saturated rings. The average Bonchev–Trinajstić information content (AvgIpc) is 2.31. The molecule has 4 heteroatoms. The fourth-order valence-corrected chi connectivity index (χ4v) is 1.98. The van der Waals surface area contributed by atoms with E-state index >= 15 is 0 Å². The van der Waals surface area contributed by atoms with Gasteiger partial charge in [0.25, 0.3) is 0 Å². The van der Waals surface area contributed by atoms with Crippen molar-refractivity contribution in [2.24, 2.45) is 5.73 Å². The molecule has 18 heavy (non-hydrogen) atoms. The maximum atomic E-state index is 11.6. The molecule has 0 aliphatic heterocycles. The van der Waals surface area contributed by atoms with Crippen LogP contribution in [0.4, 0.5) is 0 Å². The molecule has 1 amide bonds. The van der Waals surface area contributed by atoms with Gasteiger partial charge in [-0.25, -0.2) is 0 Å². The van der Waals surface area contributed by atoms with Crippen LogP contribution in [0.5, 0.6) is 0 Å². The Morgan fingerprint density at radius 1 is 1.33 bits per heavy atom. The van der Waals surface area contributed by atoms with Crippen molar-refractivity contribution in [2.75, 3.05) is 6.54 Å². The van der Waals surface area contributed by atoms with E-state index in [1.54, 1.807) is 0 Å². The highest BCUT2D eigenvalue weighted by Crippen LogP contribution is 2.21. The summed E-state index contributed by atoms with van der Waals surface area (Å²) < 4.78 is 0. The molecule has 100 valence electrons. The number of benzene rings is 1. The minimum Gasteiger partial charge on any atom is -0.354 e. The van der Waals surface area contributed by atoms with Crippen molar-refractivity contribution in [3.8, 4) is 0 Å². The summed E-state index contributed by atoms with van der Waals surface area (Å²) in [6.07, 6.45) is 1.26. The fraction of sp³-hybridized carbons (Fsp3) is 0.500. The maximum absolute atomic E-state index is 11.6. The van der Waals surface area contributed by atoms with Gasteiger partial charge in [0.1, 0.15) is 0 Å². The molecule has 0 aliphatic rings. The lowest BCUT2D eigenvalue weighted by molar-refractivity contribution is -0.121. The lowest BCUT2D eigenvalue weighted by Gasteiger charge is -2.15. The maximum Gasteiger partial charge on any atom is 0.220 e. The Hall–Kier alpha value is -1.06. The SMILES string of the molecule is CC(C)NC(=O)CCC(CN)c1ccc(Cl)cc1. The van der Waals surface area contributed by atoms with Crippen molar-refractivity contribution in [3.63, 3.8) is 0 Å². The number of nitrogens with two attached hydrogens (primary N) is 1. The summed E-state index contributed by atoms with van der Waals surface area (Å²) in [6.45, 7) is 4.45. The molecule has 1 aromatic rings. The topological polar surface area (TPSA) is 55.1 Å². The third-order valence-corrected chi connectivity index (χ3v) is 3.05. The van der Waals surface area contributed by atoms with Crippen LogP contribution in [-0.4, -0.2) is 18.5 Å². The highest BCUT2D eigenvalue weighted by Gasteiger charge is 2.12. The van der Waals surface area contributed by atoms with E-state index < -0.39 is 0 Å². The number of nitrogens with one attached hydrogen (secondary N) is 1. The molecule has 0 radical (unpaired) electrons. The lowest BCUT2D eigenvalue weighted by atomic mass is 9.94. The molecule has 0 spiro atoms. The fourth-order valence-electron chi connectivity index (χ4n) is 1.86. The molecule has 0 saturated heterocycles. The molecule has 1 rings (SSSR count). The van der Waals surface area contributed by atoms with Crippen molar-refractivity contribution in [1.82, 2.24) is 5.32 Å². The molecule has 0 aromatic heterocycles. The summed E-state index contributed by atoms with van der Waals surface area (Å²) in [7, 11) is 0. The van der Waals surface area contributed by atoms with E-state index in [0.717, 1.165) is 12.0 Å². The Bertz CT molecular complexity index is 376. The number of hydrogen-bond donors (Lipinski definition) is 2. The van der Waals surface area contributed by atoms with Gasteiger partial charge in [-0.15, -0.1) is 0 Å². The van der Waals surface area contributed by atoms with Gasteiger partial charge in [-0.1, -0.05) is 23.7 Å². The van der Waals surface area contributed by atoms with E-state index in [1.165, 1.54) is 0 Å². The average molecular weight is 269 g/mol. The molecule has 3 nitrogen and oxygen atoms in total. The van der Waals surface area contributed by atoms with Crippen molar-refractivity contribution < 1.29 is 4.79 Å². The van der Waals surface area contributed by atoms with Crippen LogP contribution in [0.15, 0.2) is 24.3 Å². The molecule has 0 heterocycles. The molecule has 1 unspecified atom stereocenters. The highest BCUT2D eigenvalue weighted by molar-refractivity contribution is 6.30. The number of amides is 1. The molecule has 1 atom stereocenters. The van der Waals surface area contributed by atoms with Crippen LogP contribution in [0.3, 0.4) is 0 Å². The molecule has 3 N–H and O–H groups in total. The Morgan fingerprint density at radius 3 is 2.44 bits per heavy atom. The zero-order chi connectivity index (χ0) is 13.5. The smallest absolute Gasteiger partial charge is 0.220 e. The monoisotopic (exact) mass is 268 g/mol. The van der Waals surface area contributed by atoms with Gasteiger partial charge in [0.2, 0.25) is 5.91 Å². The van der Waals surface area contributed by atoms with E-state index in [-0.39, 0.29) is 17.9 Å². The third kappa shape index (κ3) is 5.07. The van der Waals surface area contributed by atoms with E-state index in [0.29, 0.717) is 18.0 Å². The van der Waals surface area contributed by atoms with Crippen molar-refractivity contribution in [2.45, 2.75) is 38.6 Å². The minimum atomic E-state index is 0.0809. The Labute approximate surface area is 114 Å². The summed E-state index contributed by atoms with van der Waals surface area (Å²) in [6, 6.07) is 7.84. The predicted octanol–water partition coefficient (Wildman–Crippen LogP) is 2.69. The number of carbonyl (C=O) groups excluding carboxylic acids is 1. The first kappa shape index (κ1) is 15.0. The summed E-state index contributed by atoms with van der Waals surface area (Å²) in [5.41, 5.74) is 6.90. The zero-order valence-electron chi connectivity index (χ0n) is 10.9. The Kier molecular flexibility index (Phi) is 6.16. The summed E-state index contributed by atoms with van der Waals surface area (Å²) in [5, 5.41) is 3.60. The van der Waals surface area contributed by atoms with Gasteiger partial charge >= 0.3 is 0 Å². The second-order valence-corrected chi connectivity index (χ2v) is 5.18.